The molecule has 1 unspecified atom stereocenters. The van der Waals surface area contributed by atoms with Gasteiger partial charge in [-0.3, -0.25) is 14.6 Å². The summed E-state index contributed by atoms with van der Waals surface area (Å²) in [5.41, 5.74) is 1.81. The summed E-state index contributed by atoms with van der Waals surface area (Å²) in [4.78, 5) is 43.9. The summed E-state index contributed by atoms with van der Waals surface area (Å²) in [7, 11) is 3.25. The molecule has 0 saturated carbocycles. The molecule has 3 rings (SSSR count). The molecular formula is C25H36N4O5. The van der Waals surface area contributed by atoms with E-state index in [1.807, 2.05) is 30.9 Å². The first-order chi connectivity index (χ1) is 16.2. The van der Waals surface area contributed by atoms with Crippen LogP contribution in [0.2, 0.25) is 0 Å². The van der Waals surface area contributed by atoms with Crippen molar-refractivity contribution in [1.82, 2.24) is 20.0 Å². The highest BCUT2D eigenvalue weighted by molar-refractivity contribution is 5.95. The lowest BCUT2D eigenvalue weighted by molar-refractivity contribution is -0.139. The second kappa shape index (κ2) is 11.4. The van der Waals surface area contributed by atoms with E-state index in [0.29, 0.717) is 62.1 Å². The third-order valence-electron chi connectivity index (χ3n) is 6.20. The van der Waals surface area contributed by atoms with Gasteiger partial charge >= 0.3 is 12.0 Å². The number of nitrogens with one attached hydrogen (secondary N) is 1. The van der Waals surface area contributed by atoms with Crippen LogP contribution in [-0.4, -0.2) is 86.1 Å². The summed E-state index contributed by atoms with van der Waals surface area (Å²) in [5.74, 6) is 0.743. The Balaban J connectivity index is 1.86. The van der Waals surface area contributed by atoms with Gasteiger partial charge < -0.3 is 19.7 Å². The average molecular weight is 473 g/mol. The predicted octanol–water partition coefficient (Wildman–Crippen LogP) is 2.40. The van der Waals surface area contributed by atoms with E-state index in [1.165, 1.54) is 4.90 Å². The number of hydrogen-bond donors (Lipinski definition) is 1. The maximum Gasteiger partial charge on any atom is 0.338 e. The van der Waals surface area contributed by atoms with Crippen molar-refractivity contribution in [2.45, 2.75) is 33.2 Å². The first-order valence-corrected chi connectivity index (χ1v) is 11.8. The lowest BCUT2D eigenvalue weighted by atomic mass is 9.94. The van der Waals surface area contributed by atoms with Gasteiger partial charge in [-0.25, -0.2) is 9.59 Å². The Labute approximate surface area is 201 Å². The highest BCUT2D eigenvalue weighted by Crippen LogP contribution is 2.32. The number of carbonyl (C=O) groups is 3. The van der Waals surface area contributed by atoms with E-state index in [1.54, 1.807) is 33.2 Å². The van der Waals surface area contributed by atoms with E-state index >= 15 is 0 Å². The van der Waals surface area contributed by atoms with Gasteiger partial charge in [0.15, 0.2) is 0 Å². The zero-order valence-electron chi connectivity index (χ0n) is 20.8. The van der Waals surface area contributed by atoms with Gasteiger partial charge in [0.2, 0.25) is 5.91 Å². The average Bonchev–Trinajstić information content (AvgIpc) is 2.82. The van der Waals surface area contributed by atoms with E-state index < -0.39 is 12.0 Å². The van der Waals surface area contributed by atoms with Gasteiger partial charge in [0.05, 0.1) is 25.3 Å². The summed E-state index contributed by atoms with van der Waals surface area (Å²) in [6, 6.07) is 6.37. The van der Waals surface area contributed by atoms with Gasteiger partial charge in [-0.15, -0.1) is 0 Å². The second-order valence-electron chi connectivity index (χ2n) is 9.05. The van der Waals surface area contributed by atoms with Gasteiger partial charge in [0.25, 0.3) is 0 Å². The number of rotatable bonds is 8. The normalized spacial score (nSPS) is 19.4. The maximum absolute atomic E-state index is 13.1. The first kappa shape index (κ1) is 25.6. The van der Waals surface area contributed by atoms with Crippen LogP contribution in [0.4, 0.5) is 4.79 Å². The van der Waals surface area contributed by atoms with E-state index in [9.17, 15) is 14.4 Å². The van der Waals surface area contributed by atoms with Crippen LogP contribution in [0.15, 0.2) is 35.5 Å². The maximum atomic E-state index is 13.1. The molecule has 9 nitrogen and oxygen atoms in total. The molecule has 3 amide bonds. The molecule has 2 heterocycles. The largest absolute Gasteiger partial charge is 0.497 e. The molecule has 34 heavy (non-hydrogen) atoms. The van der Waals surface area contributed by atoms with Crippen molar-refractivity contribution < 1.29 is 23.9 Å². The molecule has 0 radical (unpaired) electrons. The number of carbonyl (C=O) groups excluding carboxylic acids is 3. The van der Waals surface area contributed by atoms with Crippen LogP contribution < -0.4 is 10.1 Å². The Bertz CT molecular complexity index is 920. The van der Waals surface area contributed by atoms with Crippen LogP contribution in [0, 0.1) is 5.92 Å². The standard InChI is InChI=1S/C25H36N4O5/c1-6-34-24(31)22-20(16-28-11-13-29(14-12-28)21(30)15-17(2)3)27(4)25(32)26-23(22)18-7-9-19(33-5)10-8-18/h7-10,17,23H,6,11-16H2,1-5H3,(H,26,32). The van der Waals surface area contributed by atoms with Crippen molar-refractivity contribution in [2.24, 2.45) is 5.92 Å². The number of nitrogens with zero attached hydrogens (tertiary/aromatic N) is 3. The molecular weight excluding hydrogens is 436 g/mol. The molecule has 0 spiro atoms. The fraction of sp³-hybridized carbons (Fsp3) is 0.560. The Morgan fingerprint density at radius 3 is 2.32 bits per heavy atom. The topological polar surface area (TPSA) is 91.4 Å². The van der Waals surface area contributed by atoms with Gasteiger partial charge in [-0.1, -0.05) is 26.0 Å². The van der Waals surface area contributed by atoms with E-state index in [-0.39, 0.29) is 18.5 Å². The number of ether oxygens (including phenoxy) is 2. The van der Waals surface area contributed by atoms with Crippen LogP contribution in [-0.2, 0) is 14.3 Å². The molecule has 1 aromatic rings. The zero-order valence-corrected chi connectivity index (χ0v) is 20.8. The number of methoxy groups -OCH3 is 1. The molecule has 186 valence electrons. The number of amides is 3. The van der Waals surface area contributed by atoms with Gasteiger partial charge in [-0.05, 0) is 30.5 Å². The van der Waals surface area contributed by atoms with Gasteiger partial charge in [0, 0.05) is 51.9 Å². The number of piperazine rings is 1. The van der Waals surface area contributed by atoms with Crippen molar-refractivity contribution in [3.8, 4) is 5.75 Å². The lowest BCUT2D eigenvalue weighted by Crippen LogP contribution is -2.53. The Morgan fingerprint density at radius 1 is 1.12 bits per heavy atom. The summed E-state index contributed by atoms with van der Waals surface area (Å²) < 4.78 is 10.6. The SMILES string of the molecule is CCOC(=O)C1=C(CN2CCN(C(=O)CC(C)C)CC2)N(C)C(=O)NC1c1ccc(OC)cc1. The van der Waals surface area contributed by atoms with Crippen LogP contribution in [0.5, 0.6) is 5.75 Å². The highest BCUT2D eigenvalue weighted by Gasteiger charge is 2.37. The van der Waals surface area contributed by atoms with Gasteiger partial charge in [-0.2, -0.15) is 0 Å². The highest BCUT2D eigenvalue weighted by atomic mass is 16.5. The molecule has 9 heteroatoms. The Kier molecular flexibility index (Phi) is 8.55. The fourth-order valence-electron chi connectivity index (χ4n) is 4.29. The van der Waals surface area contributed by atoms with Crippen molar-refractivity contribution in [1.29, 1.82) is 0 Å². The minimum atomic E-state index is -0.627. The minimum absolute atomic E-state index is 0.176. The van der Waals surface area contributed by atoms with E-state index in [4.69, 9.17) is 9.47 Å². The monoisotopic (exact) mass is 472 g/mol. The third-order valence-corrected chi connectivity index (χ3v) is 6.20. The Morgan fingerprint density at radius 2 is 1.76 bits per heavy atom. The fourth-order valence-corrected chi connectivity index (χ4v) is 4.29. The molecule has 1 fully saturated rings. The number of esters is 1. The Hall–Kier alpha value is -3.07. The quantitative estimate of drug-likeness (QED) is 0.585. The third kappa shape index (κ3) is 5.88. The number of likely N-dealkylation sites (N-methyl/N-ethyl adjacent to an activating group) is 1. The lowest BCUT2D eigenvalue weighted by Gasteiger charge is -2.39. The summed E-state index contributed by atoms with van der Waals surface area (Å²) in [6.07, 6.45) is 0.546. The molecule has 1 N–H and O–H groups in total. The number of hydrogen-bond acceptors (Lipinski definition) is 6. The number of urea groups is 1. The second-order valence-corrected chi connectivity index (χ2v) is 9.05. The molecule has 2 aliphatic rings. The molecule has 1 atom stereocenters. The van der Waals surface area contributed by atoms with Crippen molar-refractivity contribution in [2.75, 3.05) is 53.5 Å². The van der Waals surface area contributed by atoms with Crippen LogP contribution in [0.1, 0.15) is 38.8 Å². The molecule has 0 aliphatic carbocycles. The van der Waals surface area contributed by atoms with Crippen LogP contribution in [0.3, 0.4) is 0 Å². The molecule has 1 saturated heterocycles. The van der Waals surface area contributed by atoms with Crippen molar-refractivity contribution >= 4 is 17.9 Å². The molecule has 0 bridgehead atoms. The predicted molar refractivity (Wildman–Crippen MR) is 128 cm³/mol. The smallest absolute Gasteiger partial charge is 0.338 e. The van der Waals surface area contributed by atoms with Gasteiger partial charge in [0.1, 0.15) is 5.75 Å². The molecule has 2 aliphatic heterocycles. The minimum Gasteiger partial charge on any atom is -0.497 e. The van der Waals surface area contributed by atoms with E-state index in [2.05, 4.69) is 10.2 Å². The first-order valence-electron chi connectivity index (χ1n) is 11.8. The number of benzene rings is 1. The van der Waals surface area contributed by atoms with Crippen LogP contribution >= 0.6 is 0 Å². The molecule has 1 aromatic carbocycles. The summed E-state index contributed by atoms with van der Waals surface area (Å²) >= 11 is 0. The zero-order chi connectivity index (χ0) is 24.8. The van der Waals surface area contributed by atoms with Crippen molar-refractivity contribution in [3.63, 3.8) is 0 Å². The molecule has 0 aromatic heterocycles. The van der Waals surface area contributed by atoms with Crippen LogP contribution in [0.25, 0.3) is 0 Å². The summed E-state index contributed by atoms with van der Waals surface area (Å²) in [5, 5.41) is 2.93. The summed E-state index contributed by atoms with van der Waals surface area (Å²) in [6.45, 7) is 9.10. The van der Waals surface area contributed by atoms with Crippen molar-refractivity contribution in [3.05, 3.63) is 41.1 Å². The van der Waals surface area contributed by atoms with E-state index in [0.717, 1.165) is 5.56 Å².